The first-order chi connectivity index (χ1) is 7.79. The van der Waals surface area contributed by atoms with Gasteiger partial charge in [-0.25, -0.2) is 0 Å². The molecule has 0 bridgehead atoms. The van der Waals surface area contributed by atoms with Crippen LogP contribution in [0.5, 0.6) is 0 Å². The van der Waals surface area contributed by atoms with Crippen LogP contribution < -0.4 is 5.32 Å². The second-order valence-electron chi connectivity index (χ2n) is 4.63. The lowest BCUT2D eigenvalue weighted by Crippen LogP contribution is -2.44. The average Bonchev–Trinajstić information content (AvgIpc) is 2.30. The van der Waals surface area contributed by atoms with Crippen molar-refractivity contribution in [2.45, 2.75) is 58.4 Å². The van der Waals surface area contributed by atoms with Crippen LogP contribution >= 0.6 is 0 Å². The smallest absolute Gasteiger partial charge is 0.224 e. The van der Waals surface area contributed by atoms with E-state index in [1.165, 1.54) is 32.1 Å². The molecule has 0 aromatic rings. The first kappa shape index (κ1) is 13.5. The first-order valence-electron chi connectivity index (χ1n) is 6.79. The quantitative estimate of drug-likeness (QED) is 0.704. The van der Waals surface area contributed by atoms with Gasteiger partial charge in [0.05, 0.1) is 0 Å². The number of carbonyl (C=O) groups is 1. The fourth-order valence-corrected chi connectivity index (χ4v) is 2.48. The van der Waals surface area contributed by atoms with Crippen molar-refractivity contribution in [3.8, 4) is 0 Å². The Balaban J connectivity index is 2.37. The Bertz CT molecular complexity index is 204. The zero-order valence-electron chi connectivity index (χ0n) is 10.8. The minimum absolute atomic E-state index is 0.346. The fourth-order valence-electron chi connectivity index (χ4n) is 2.48. The van der Waals surface area contributed by atoms with E-state index in [1.807, 2.05) is 0 Å². The molecule has 1 amide bonds. The van der Waals surface area contributed by atoms with Crippen molar-refractivity contribution in [2.24, 2.45) is 0 Å². The van der Waals surface area contributed by atoms with Crippen LogP contribution in [0.1, 0.15) is 52.4 Å². The van der Waals surface area contributed by atoms with E-state index >= 15 is 0 Å². The van der Waals surface area contributed by atoms with E-state index in [2.05, 4.69) is 24.1 Å². The maximum absolute atomic E-state index is 12.0. The molecule has 1 atom stereocenters. The van der Waals surface area contributed by atoms with E-state index in [1.54, 1.807) is 0 Å². The molecule has 1 unspecified atom stereocenters. The van der Waals surface area contributed by atoms with Gasteiger partial charge in [-0.3, -0.25) is 4.79 Å². The molecule has 0 spiro atoms. The highest BCUT2D eigenvalue weighted by atomic mass is 16.2. The van der Waals surface area contributed by atoms with Crippen LogP contribution in [0.25, 0.3) is 0 Å². The van der Waals surface area contributed by atoms with Crippen LogP contribution in [-0.2, 0) is 4.79 Å². The van der Waals surface area contributed by atoms with Gasteiger partial charge in [-0.15, -0.1) is 0 Å². The summed E-state index contributed by atoms with van der Waals surface area (Å²) in [5.74, 6) is 0.346. The molecule has 0 aromatic carbocycles. The van der Waals surface area contributed by atoms with Crippen LogP contribution in [0.15, 0.2) is 0 Å². The fraction of sp³-hybridized carbons (Fsp3) is 0.923. The molecule has 1 rings (SSSR count). The summed E-state index contributed by atoms with van der Waals surface area (Å²) in [6, 6.07) is 0.521. The second-order valence-corrected chi connectivity index (χ2v) is 4.63. The van der Waals surface area contributed by atoms with E-state index in [-0.39, 0.29) is 0 Å². The molecule has 1 heterocycles. The van der Waals surface area contributed by atoms with Gasteiger partial charge in [0.25, 0.3) is 0 Å². The maximum Gasteiger partial charge on any atom is 0.224 e. The van der Waals surface area contributed by atoms with Gasteiger partial charge >= 0.3 is 0 Å². The molecule has 1 N–H and O–H groups in total. The van der Waals surface area contributed by atoms with Gasteiger partial charge in [0, 0.05) is 25.6 Å². The number of carbonyl (C=O) groups excluding carboxylic acids is 1. The lowest BCUT2D eigenvalue weighted by atomic mass is 9.98. The Hall–Kier alpha value is -0.570. The minimum atomic E-state index is 0.346. The Kier molecular flexibility index (Phi) is 6.46. The van der Waals surface area contributed by atoms with Crippen molar-refractivity contribution < 1.29 is 4.79 Å². The number of hydrogen-bond acceptors (Lipinski definition) is 2. The van der Waals surface area contributed by atoms with E-state index in [0.717, 1.165) is 19.6 Å². The summed E-state index contributed by atoms with van der Waals surface area (Å²) < 4.78 is 0. The topological polar surface area (TPSA) is 32.3 Å². The molecule has 0 aromatic heterocycles. The number of rotatable bonds is 6. The summed E-state index contributed by atoms with van der Waals surface area (Å²) in [4.78, 5) is 14.2. The predicted molar refractivity (Wildman–Crippen MR) is 67.4 cm³/mol. The Labute approximate surface area is 99.6 Å². The molecule has 1 aliphatic heterocycles. The lowest BCUT2D eigenvalue weighted by Gasteiger charge is -2.36. The van der Waals surface area contributed by atoms with E-state index in [0.29, 0.717) is 18.4 Å². The minimum Gasteiger partial charge on any atom is -0.340 e. The van der Waals surface area contributed by atoms with Crippen molar-refractivity contribution in [3.63, 3.8) is 0 Å². The highest BCUT2D eigenvalue weighted by Crippen LogP contribution is 2.21. The largest absolute Gasteiger partial charge is 0.340 e. The molecular formula is C13H26N2O. The normalized spacial score (nSPS) is 21.1. The summed E-state index contributed by atoms with van der Waals surface area (Å²) >= 11 is 0. The van der Waals surface area contributed by atoms with Gasteiger partial charge in [0.1, 0.15) is 0 Å². The molecule has 0 radical (unpaired) electrons. The predicted octanol–water partition coefficient (Wildman–Crippen LogP) is 2.17. The summed E-state index contributed by atoms with van der Waals surface area (Å²) in [6.45, 7) is 7.03. The summed E-state index contributed by atoms with van der Waals surface area (Å²) in [7, 11) is 0. The monoisotopic (exact) mass is 226 g/mol. The van der Waals surface area contributed by atoms with Gasteiger partial charge in [-0.05, 0) is 32.2 Å². The Morgan fingerprint density at radius 3 is 2.88 bits per heavy atom. The molecule has 94 valence electrons. The van der Waals surface area contributed by atoms with Crippen molar-refractivity contribution >= 4 is 5.91 Å². The third-order valence-corrected chi connectivity index (χ3v) is 3.34. The number of nitrogens with one attached hydrogen (secondary N) is 1. The third-order valence-electron chi connectivity index (χ3n) is 3.34. The zero-order valence-corrected chi connectivity index (χ0v) is 10.8. The van der Waals surface area contributed by atoms with Crippen molar-refractivity contribution in [1.29, 1.82) is 0 Å². The maximum atomic E-state index is 12.0. The van der Waals surface area contributed by atoms with Gasteiger partial charge in [0.2, 0.25) is 5.91 Å². The summed E-state index contributed by atoms with van der Waals surface area (Å²) in [5, 5.41) is 3.22. The highest BCUT2D eigenvalue weighted by Gasteiger charge is 2.25. The van der Waals surface area contributed by atoms with Crippen LogP contribution in [0.4, 0.5) is 0 Å². The zero-order chi connectivity index (χ0) is 11.8. The summed E-state index contributed by atoms with van der Waals surface area (Å²) in [5.41, 5.74) is 0. The molecule has 3 nitrogen and oxygen atoms in total. The van der Waals surface area contributed by atoms with E-state index in [4.69, 9.17) is 0 Å². The second kappa shape index (κ2) is 7.66. The van der Waals surface area contributed by atoms with Crippen LogP contribution in [0.2, 0.25) is 0 Å². The molecule has 0 aliphatic carbocycles. The first-order valence-corrected chi connectivity index (χ1v) is 6.79. The van der Waals surface area contributed by atoms with Gasteiger partial charge < -0.3 is 10.2 Å². The highest BCUT2D eigenvalue weighted by molar-refractivity contribution is 5.76. The van der Waals surface area contributed by atoms with Gasteiger partial charge in [-0.1, -0.05) is 20.3 Å². The number of hydrogen-bond donors (Lipinski definition) is 1. The molecule has 16 heavy (non-hydrogen) atoms. The van der Waals surface area contributed by atoms with Crippen molar-refractivity contribution in [3.05, 3.63) is 0 Å². The van der Waals surface area contributed by atoms with E-state index in [9.17, 15) is 4.79 Å². The number of amides is 1. The van der Waals surface area contributed by atoms with Gasteiger partial charge in [0.15, 0.2) is 0 Å². The van der Waals surface area contributed by atoms with Crippen LogP contribution in [0, 0.1) is 0 Å². The molecule has 1 aliphatic rings. The lowest BCUT2D eigenvalue weighted by molar-refractivity contribution is -0.134. The van der Waals surface area contributed by atoms with Crippen LogP contribution in [0.3, 0.4) is 0 Å². The number of piperidine rings is 1. The van der Waals surface area contributed by atoms with E-state index < -0.39 is 0 Å². The SMILES string of the molecule is CCCC1CCCCN1C(=O)CCNCC. The van der Waals surface area contributed by atoms with Crippen molar-refractivity contribution in [2.75, 3.05) is 19.6 Å². The third kappa shape index (κ3) is 4.12. The van der Waals surface area contributed by atoms with Crippen LogP contribution in [-0.4, -0.2) is 36.5 Å². The van der Waals surface area contributed by atoms with Crippen molar-refractivity contribution in [1.82, 2.24) is 10.2 Å². The summed E-state index contributed by atoms with van der Waals surface area (Å²) in [6.07, 6.45) is 6.71. The molecule has 3 heteroatoms. The number of likely N-dealkylation sites (tertiary alicyclic amines) is 1. The molecule has 0 saturated carbocycles. The molecular weight excluding hydrogens is 200 g/mol. The average molecular weight is 226 g/mol. The number of nitrogens with zero attached hydrogens (tertiary/aromatic N) is 1. The Morgan fingerprint density at radius 1 is 1.38 bits per heavy atom. The van der Waals surface area contributed by atoms with Gasteiger partial charge in [-0.2, -0.15) is 0 Å². The molecule has 1 fully saturated rings. The standard InChI is InChI=1S/C13H26N2O/c1-3-7-12-8-5-6-11-15(12)13(16)9-10-14-4-2/h12,14H,3-11H2,1-2H3. The molecule has 1 saturated heterocycles. The Morgan fingerprint density at radius 2 is 2.19 bits per heavy atom.